The number of carbonyl (C=O) groups excluding carboxylic acids is 1. The maximum absolute atomic E-state index is 12.1. The molecule has 0 spiro atoms. The molecule has 0 bridgehead atoms. The Morgan fingerprint density at radius 3 is 2.75 bits per heavy atom. The van der Waals surface area contributed by atoms with Crippen molar-refractivity contribution >= 4 is 23.5 Å². The van der Waals surface area contributed by atoms with Crippen molar-refractivity contribution in [2.24, 2.45) is 7.05 Å². The minimum Gasteiger partial charge on any atom is -0.358 e. The molecule has 1 aromatic carbocycles. The topological polar surface area (TPSA) is 121 Å². The molecule has 0 atom stereocenters. The largest absolute Gasteiger partial charge is 0.358 e. The first-order valence-electron chi connectivity index (χ1n) is 8.44. The molecule has 1 N–H and O–H groups in total. The van der Waals surface area contributed by atoms with E-state index in [1.807, 2.05) is 30.3 Å². The Labute approximate surface area is 165 Å². The molecule has 0 aliphatic rings. The molecule has 146 valence electrons. The number of benzene rings is 1. The van der Waals surface area contributed by atoms with E-state index in [1.165, 1.54) is 22.5 Å². The SMILES string of the molecule is Cc1ncc([N+](=O)[O-])n1Cc1nnc(SCC(=O)NCc2ccccc2)n1C. The fourth-order valence-electron chi connectivity index (χ4n) is 2.52. The standard InChI is InChI=1S/C17H19N7O3S/c1-12-18-9-16(24(26)27)23(12)10-14-20-21-17(22(14)2)28-11-15(25)19-8-13-6-4-3-5-7-13/h3-7,9H,8,10-11H2,1-2H3,(H,19,25). The molecule has 0 saturated carbocycles. The zero-order valence-electron chi connectivity index (χ0n) is 15.4. The van der Waals surface area contributed by atoms with Crippen molar-refractivity contribution in [3.63, 3.8) is 0 Å². The predicted octanol–water partition coefficient (Wildman–Crippen LogP) is 1.69. The third-order valence-electron chi connectivity index (χ3n) is 4.11. The van der Waals surface area contributed by atoms with E-state index in [9.17, 15) is 14.9 Å². The van der Waals surface area contributed by atoms with E-state index in [2.05, 4.69) is 20.5 Å². The van der Waals surface area contributed by atoms with Crippen molar-refractivity contribution in [3.05, 3.63) is 63.9 Å². The summed E-state index contributed by atoms with van der Waals surface area (Å²) in [7, 11) is 1.76. The van der Waals surface area contributed by atoms with Gasteiger partial charge in [0.25, 0.3) is 0 Å². The van der Waals surface area contributed by atoms with Crippen molar-refractivity contribution in [1.82, 2.24) is 29.6 Å². The molecule has 0 saturated heterocycles. The van der Waals surface area contributed by atoms with Crippen molar-refractivity contribution < 1.29 is 9.72 Å². The van der Waals surface area contributed by atoms with Gasteiger partial charge in [-0.15, -0.1) is 10.2 Å². The smallest absolute Gasteiger partial charge is 0.343 e. The van der Waals surface area contributed by atoms with Gasteiger partial charge in [-0.1, -0.05) is 42.1 Å². The van der Waals surface area contributed by atoms with Gasteiger partial charge in [0, 0.05) is 20.5 Å². The quantitative estimate of drug-likeness (QED) is 0.346. The molecule has 2 heterocycles. The van der Waals surface area contributed by atoms with Gasteiger partial charge in [-0.05, 0) is 10.5 Å². The van der Waals surface area contributed by atoms with Crippen LogP contribution in [0.1, 0.15) is 17.2 Å². The fraction of sp³-hybridized carbons (Fsp3) is 0.294. The third-order valence-corrected chi connectivity index (χ3v) is 5.13. The maximum Gasteiger partial charge on any atom is 0.343 e. The monoisotopic (exact) mass is 401 g/mol. The normalized spacial score (nSPS) is 10.8. The van der Waals surface area contributed by atoms with Crippen LogP contribution in [0, 0.1) is 17.0 Å². The van der Waals surface area contributed by atoms with Crippen LogP contribution >= 0.6 is 11.8 Å². The minimum absolute atomic E-state index is 0.102. The number of thioether (sulfide) groups is 1. The van der Waals surface area contributed by atoms with Gasteiger partial charge in [0.15, 0.2) is 23.4 Å². The Balaban J connectivity index is 1.58. The number of rotatable bonds is 8. The highest BCUT2D eigenvalue weighted by Gasteiger charge is 2.21. The molecule has 10 nitrogen and oxygen atoms in total. The second kappa shape index (κ2) is 8.65. The van der Waals surface area contributed by atoms with E-state index in [0.29, 0.717) is 23.4 Å². The number of nitro groups is 1. The number of nitrogens with zero attached hydrogens (tertiary/aromatic N) is 6. The molecule has 0 radical (unpaired) electrons. The average Bonchev–Trinajstić information content (AvgIpc) is 3.23. The summed E-state index contributed by atoms with van der Waals surface area (Å²) < 4.78 is 3.18. The summed E-state index contributed by atoms with van der Waals surface area (Å²) in [5, 5.41) is 22.7. The molecule has 0 aliphatic carbocycles. The van der Waals surface area contributed by atoms with Gasteiger partial charge in [0.05, 0.1) is 5.75 Å². The first kappa shape index (κ1) is 19.5. The van der Waals surface area contributed by atoms with E-state index in [4.69, 9.17) is 0 Å². The number of aryl methyl sites for hydroxylation is 1. The van der Waals surface area contributed by atoms with Crippen LogP contribution in [0.25, 0.3) is 0 Å². The van der Waals surface area contributed by atoms with Crippen LogP contribution in [0.4, 0.5) is 5.82 Å². The second-order valence-corrected chi connectivity index (χ2v) is 6.96. The summed E-state index contributed by atoms with van der Waals surface area (Å²) in [6.45, 7) is 2.33. The third kappa shape index (κ3) is 4.55. The van der Waals surface area contributed by atoms with Gasteiger partial charge in [-0.3, -0.25) is 4.79 Å². The van der Waals surface area contributed by atoms with Crippen molar-refractivity contribution in [2.45, 2.75) is 25.2 Å². The highest BCUT2D eigenvalue weighted by molar-refractivity contribution is 7.99. The van der Waals surface area contributed by atoms with Crippen molar-refractivity contribution in [3.8, 4) is 0 Å². The number of imidazole rings is 1. The van der Waals surface area contributed by atoms with Gasteiger partial charge in [0.1, 0.15) is 6.20 Å². The molecule has 0 unspecified atom stereocenters. The summed E-state index contributed by atoms with van der Waals surface area (Å²) in [6.07, 6.45) is 1.22. The van der Waals surface area contributed by atoms with E-state index in [-0.39, 0.29) is 24.0 Å². The molecule has 3 aromatic rings. The van der Waals surface area contributed by atoms with Crippen molar-refractivity contribution in [1.29, 1.82) is 0 Å². The lowest BCUT2D eigenvalue weighted by atomic mass is 10.2. The number of nitrogens with one attached hydrogen (secondary N) is 1. The van der Waals surface area contributed by atoms with Crippen LogP contribution in [-0.2, 0) is 24.9 Å². The zero-order chi connectivity index (χ0) is 20.1. The predicted molar refractivity (Wildman–Crippen MR) is 103 cm³/mol. The molecule has 0 aliphatic heterocycles. The molecule has 2 aromatic heterocycles. The summed E-state index contributed by atoms with van der Waals surface area (Å²) in [5.41, 5.74) is 1.03. The Hall–Kier alpha value is -3.21. The fourth-order valence-corrected chi connectivity index (χ4v) is 3.28. The molecule has 28 heavy (non-hydrogen) atoms. The van der Waals surface area contributed by atoms with Crippen LogP contribution in [-0.4, -0.2) is 40.9 Å². The summed E-state index contributed by atoms with van der Waals surface area (Å²) in [4.78, 5) is 26.7. The van der Waals surface area contributed by atoms with E-state index < -0.39 is 4.92 Å². The first-order valence-corrected chi connectivity index (χ1v) is 9.42. The Bertz CT molecular complexity index is 984. The van der Waals surface area contributed by atoms with Gasteiger partial charge >= 0.3 is 5.82 Å². The molecule has 3 rings (SSSR count). The van der Waals surface area contributed by atoms with E-state index in [1.54, 1.807) is 18.5 Å². The Kier molecular flexibility index (Phi) is 6.04. The van der Waals surface area contributed by atoms with E-state index >= 15 is 0 Å². The summed E-state index contributed by atoms with van der Waals surface area (Å²) in [5.74, 6) is 1.04. The number of hydrogen-bond donors (Lipinski definition) is 1. The second-order valence-electron chi connectivity index (χ2n) is 6.02. The lowest BCUT2D eigenvalue weighted by Crippen LogP contribution is -2.24. The van der Waals surface area contributed by atoms with Crippen LogP contribution in [0.5, 0.6) is 0 Å². The minimum atomic E-state index is -0.483. The Morgan fingerprint density at radius 2 is 2.04 bits per heavy atom. The van der Waals surface area contributed by atoms with Crippen LogP contribution in [0.15, 0.2) is 41.7 Å². The maximum atomic E-state index is 12.1. The molecule has 1 amide bonds. The van der Waals surface area contributed by atoms with Gasteiger partial charge in [-0.25, -0.2) is 9.55 Å². The highest BCUT2D eigenvalue weighted by atomic mass is 32.2. The number of carbonyl (C=O) groups is 1. The summed E-state index contributed by atoms with van der Waals surface area (Å²) >= 11 is 1.26. The average molecular weight is 401 g/mol. The summed E-state index contributed by atoms with van der Waals surface area (Å²) in [6, 6.07) is 9.65. The van der Waals surface area contributed by atoms with Gasteiger partial charge in [0.2, 0.25) is 5.91 Å². The van der Waals surface area contributed by atoms with Crippen molar-refractivity contribution in [2.75, 3.05) is 5.75 Å². The van der Waals surface area contributed by atoms with Crippen LogP contribution in [0.3, 0.4) is 0 Å². The molecule has 0 fully saturated rings. The van der Waals surface area contributed by atoms with E-state index in [0.717, 1.165) is 5.56 Å². The van der Waals surface area contributed by atoms with Crippen LogP contribution < -0.4 is 5.32 Å². The first-order chi connectivity index (χ1) is 13.5. The zero-order valence-corrected chi connectivity index (χ0v) is 16.2. The Morgan fingerprint density at radius 1 is 1.29 bits per heavy atom. The number of hydrogen-bond acceptors (Lipinski definition) is 7. The molecular formula is C17H19N7O3S. The molecular weight excluding hydrogens is 382 g/mol. The van der Waals surface area contributed by atoms with Crippen LogP contribution in [0.2, 0.25) is 0 Å². The lowest BCUT2D eigenvalue weighted by molar-refractivity contribution is -0.392. The molecule has 11 heteroatoms. The lowest BCUT2D eigenvalue weighted by Gasteiger charge is -2.06. The number of amides is 1. The highest BCUT2D eigenvalue weighted by Crippen LogP contribution is 2.19. The van der Waals surface area contributed by atoms with Gasteiger partial charge < -0.3 is 20.0 Å². The van der Waals surface area contributed by atoms with Gasteiger partial charge in [-0.2, -0.15) is 0 Å². The number of aromatic nitrogens is 5.